The van der Waals surface area contributed by atoms with E-state index in [1.54, 1.807) is 0 Å². The standard InChI is InChI=1S/C22H20N4O2/c1-15-6-5-7-16(12-15)14-28-18-10-11-20-19(13-18)21(26-25-20)24-22(27)23-17-8-3-2-4-9-17/h2-13H,14H2,1H3,(H3,23,24,25,26,27). The predicted octanol–water partition coefficient (Wildman–Crippen LogP) is 5.09. The Balaban J connectivity index is 1.47. The van der Waals surface area contributed by atoms with Gasteiger partial charge in [0.1, 0.15) is 12.4 Å². The van der Waals surface area contributed by atoms with Crippen LogP contribution in [0, 0.1) is 6.92 Å². The van der Waals surface area contributed by atoms with E-state index in [1.165, 1.54) is 5.56 Å². The predicted molar refractivity (Wildman–Crippen MR) is 111 cm³/mol. The number of anilines is 2. The summed E-state index contributed by atoms with van der Waals surface area (Å²) in [4.78, 5) is 12.2. The smallest absolute Gasteiger partial charge is 0.324 e. The summed E-state index contributed by atoms with van der Waals surface area (Å²) in [6, 6.07) is 22.7. The number of H-pyrrole nitrogens is 1. The van der Waals surface area contributed by atoms with Crippen molar-refractivity contribution in [3.8, 4) is 5.75 Å². The minimum atomic E-state index is -0.356. The molecule has 0 bridgehead atoms. The topological polar surface area (TPSA) is 79.0 Å². The number of nitrogens with one attached hydrogen (secondary N) is 3. The highest BCUT2D eigenvalue weighted by molar-refractivity contribution is 6.04. The zero-order valence-electron chi connectivity index (χ0n) is 15.4. The van der Waals surface area contributed by atoms with Gasteiger partial charge in [0.05, 0.1) is 5.52 Å². The average Bonchev–Trinajstić information content (AvgIpc) is 3.09. The van der Waals surface area contributed by atoms with E-state index in [2.05, 4.69) is 39.9 Å². The lowest BCUT2D eigenvalue weighted by Gasteiger charge is -2.08. The van der Waals surface area contributed by atoms with E-state index in [0.29, 0.717) is 23.9 Å². The van der Waals surface area contributed by atoms with Crippen LogP contribution in [0.2, 0.25) is 0 Å². The molecule has 0 aliphatic heterocycles. The molecular weight excluding hydrogens is 352 g/mol. The van der Waals surface area contributed by atoms with Gasteiger partial charge in [0.2, 0.25) is 0 Å². The van der Waals surface area contributed by atoms with Crippen molar-refractivity contribution in [2.24, 2.45) is 0 Å². The number of fused-ring (bicyclic) bond motifs is 1. The number of carbonyl (C=O) groups excluding carboxylic acids is 1. The van der Waals surface area contributed by atoms with Crippen LogP contribution in [0.25, 0.3) is 10.9 Å². The molecule has 3 aromatic carbocycles. The van der Waals surface area contributed by atoms with Gasteiger partial charge in [-0.3, -0.25) is 10.4 Å². The molecule has 6 heteroatoms. The minimum Gasteiger partial charge on any atom is -0.489 e. The van der Waals surface area contributed by atoms with Gasteiger partial charge in [-0.15, -0.1) is 0 Å². The minimum absolute atomic E-state index is 0.356. The lowest BCUT2D eigenvalue weighted by atomic mass is 10.1. The van der Waals surface area contributed by atoms with Crippen LogP contribution in [0.4, 0.5) is 16.3 Å². The maximum atomic E-state index is 12.2. The molecule has 140 valence electrons. The molecule has 4 aromatic rings. The van der Waals surface area contributed by atoms with Crippen molar-refractivity contribution in [2.75, 3.05) is 10.6 Å². The Labute approximate surface area is 162 Å². The first-order valence-electron chi connectivity index (χ1n) is 8.97. The molecule has 28 heavy (non-hydrogen) atoms. The summed E-state index contributed by atoms with van der Waals surface area (Å²) >= 11 is 0. The fourth-order valence-electron chi connectivity index (χ4n) is 2.94. The van der Waals surface area contributed by atoms with E-state index in [4.69, 9.17) is 4.74 Å². The number of carbonyl (C=O) groups is 1. The number of urea groups is 1. The normalized spacial score (nSPS) is 10.6. The summed E-state index contributed by atoms with van der Waals surface area (Å²) in [5, 5.41) is 13.4. The summed E-state index contributed by atoms with van der Waals surface area (Å²) in [5.41, 5.74) is 3.83. The average molecular weight is 372 g/mol. The van der Waals surface area contributed by atoms with Crippen LogP contribution in [0.15, 0.2) is 72.8 Å². The lowest BCUT2D eigenvalue weighted by Crippen LogP contribution is -2.19. The second-order valence-corrected chi connectivity index (χ2v) is 6.50. The number of hydrogen-bond donors (Lipinski definition) is 3. The van der Waals surface area contributed by atoms with Crippen LogP contribution >= 0.6 is 0 Å². The quantitative estimate of drug-likeness (QED) is 0.456. The molecule has 0 atom stereocenters. The van der Waals surface area contributed by atoms with Crippen molar-refractivity contribution in [1.82, 2.24) is 10.2 Å². The molecular formula is C22H20N4O2. The summed E-state index contributed by atoms with van der Waals surface area (Å²) in [6.45, 7) is 2.53. The highest BCUT2D eigenvalue weighted by atomic mass is 16.5. The number of benzene rings is 3. The Morgan fingerprint density at radius 1 is 1.00 bits per heavy atom. The van der Waals surface area contributed by atoms with Crippen LogP contribution in [0.3, 0.4) is 0 Å². The summed E-state index contributed by atoms with van der Waals surface area (Å²) in [6.07, 6.45) is 0. The second kappa shape index (κ2) is 7.84. The molecule has 1 heterocycles. The Morgan fingerprint density at radius 3 is 2.68 bits per heavy atom. The molecule has 0 fully saturated rings. The molecule has 3 N–H and O–H groups in total. The van der Waals surface area contributed by atoms with Crippen molar-refractivity contribution >= 4 is 28.4 Å². The Bertz CT molecular complexity index is 1110. The van der Waals surface area contributed by atoms with Gasteiger partial charge in [-0.2, -0.15) is 5.10 Å². The van der Waals surface area contributed by atoms with Crippen LogP contribution in [-0.2, 0) is 6.61 Å². The van der Waals surface area contributed by atoms with Gasteiger partial charge < -0.3 is 10.1 Å². The van der Waals surface area contributed by atoms with E-state index in [1.807, 2.05) is 60.7 Å². The Morgan fingerprint density at radius 2 is 1.86 bits per heavy atom. The van der Waals surface area contributed by atoms with Crippen molar-refractivity contribution in [2.45, 2.75) is 13.5 Å². The molecule has 0 radical (unpaired) electrons. The van der Waals surface area contributed by atoms with Crippen molar-refractivity contribution < 1.29 is 9.53 Å². The third-order valence-corrected chi connectivity index (χ3v) is 4.29. The van der Waals surface area contributed by atoms with Crippen molar-refractivity contribution in [3.63, 3.8) is 0 Å². The number of ether oxygens (including phenoxy) is 1. The zero-order valence-corrected chi connectivity index (χ0v) is 15.4. The number of rotatable bonds is 5. The molecule has 0 spiro atoms. The highest BCUT2D eigenvalue weighted by Gasteiger charge is 2.11. The highest BCUT2D eigenvalue weighted by Crippen LogP contribution is 2.26. The molecule has 0 aliphatic carbocycles. The summed E-state index contributed by atoms with van der Waals surface area (Å²) in [7, 11) is 0. The molecule has 0 aliphatic rings. The number of nitrogens with zero attached hydrogens (tertiary/aromatic N) is 1. The SMILES string of the molecule is Cc1cccc(COc2ccc3[nH]nc(NC(=O)Nc4ccccc4)c3c2)c1. The molecule has 0 saturated heterocycles. The van der Waals surface area contributed by atoms with E-state index >= 15 is 0 Å². The van der Waals surface area contributed by atoms with E-state index < -0.39 is 0 Å². The first kappa shape index (κ1) is 17.6. The number of para-hydroxylation sites is 1. The largest absolute Gasteiger partial charge is 0.489 e. The van der Waals surface area contributed by atoms with Crippen LogP contribution in [0.1, 0.15) is 11.1 Å². The molecule has 6 nitrogen and oxygen atoms in total. The third kappa shape index (κ3) is 4.12. The molecule has 1 aromatic heterocycles. The number of amides is 2. The van der Waals surface area contributed by atoms with Crippen LogP contribution in [0.5, 0.6) is 5.75 Å². The third-order valence-electron chi connectivity index (χ3n) is 4.29. The van der Waals surface area contributed by atoms with Crippen molar-refractivity contribution in [1.29, 1.82) is 0 Å². The van der Waals surface area contributed by atoms with E-state index in [0.717, 1.165) is 16.5 Å². The van der Waals surface area contributed by atoms with Gasteiger partial charge in [-0.1, -0.05) is 48.0 Å². The maximum Gasteiger partial charge on any atom is 0.324 e. The number of aromatic amines is 1. The van der Waals surface area contributed by atoms with E-state index in [-0.39, 0.29) is 6.03 Å². The van der Waals surface area contributed by atoms with Crippen LogP contribution in [-0.4, -0.2) is 16.2 Å². The molecule has 0 unspecified atom stereocenters. The monoisotopic (exact) mass is 372 g/mol. The number of aromatic nitrogens is 2. The lowest BCUT2D eigenvalue weighted by molar-refractivity contribution is 0.262. The zero-order chi connectivity index (χ0) is 19.3. The first-order chi connectivity index (χ1) is 13.7. The van der Waals surface area contributed by atoms with E-state index in [9.17, 15) is 4.79 Å². The van der Waals surface area contributed by atoms with Crippen LogP contribution < -0.4 is 15.4 Å². The van der Waals surface area contributed by atoms with Gasteiger partial charge in [0.25, 0.3) is 0 Å². The fourth-order valence-corrected chi connectivity index (χ4v) is 2.94. The van der Waals surface area contributed by atoms with Gasteiger partial charge >= 0.3 is 6.03 Å². The fraction of sp³-hybridized carbons (Fsp3) is 0.0909. The molecule has 0 saturated carbocycles. The van der Waals surface area contributed by atoms with Gasteiger partial charge in [-0.25, -0.2) is 4.79 Å². The van der Waals surface area contributed by atoms with Gasteiger partial charge in [0.15, 0.2) is 5.82 Å². The van der Waals surface area contributed by atoms with Gasteiger partial charge in [-0.05, 0) is 42.8 Å². The number of hydrogen-bond acceptors (Lipinski definition) is 3. The van der Waals surface area contributed by atoms with Crippen molar-refractivity contribution in [3.05, 3.63) is 83.9 Å². The van der Waals surface area contributed by atoms with Gasteiger partial charge in [0, 0.05) is 11.1 Å². The first-order valence-corrected chi connectivity index (χ1v) is 8.97. The number of aryl methyl sites for hydroxylation is 1. The summed E-state index contributed by atoms with van der Waals surface area (Å²) in [5.74, 6) is 1.16. The Hall–Kier alpha value is -3.80. The summed E-state index contributed by atoms with van der Waals surface area (Å²) < 4.78 is 5.91. The maximum absolute atomic E-state index is 12.2. The molecule has 4 rings (SSSR count). The molecule has 2 amide bonds. The Kier molecular flexibility index (Phi) is 4.93. The second-order valence-electron chi connectivity index (χ2n) is 6.50.